The van der Waals surface area contributed by atoms with E-state index >= 15 is 0 Å². The molecule has 0 fully saturated rings. The van der Waals surface area contributed by atoms with Gasteiger partial charge in [0.05, 0.1) is 0 Å². The molecule has 0 aliphatic rings. The van der Waals surface area contributed by atoms with E-state index in [9.17, 15) is 9.59 Å². The van der Waals surface area contributed by atoms with E-state index < -0.39 is 5.97 Å². The number of rotatable bonds is 4. The zero-order chi connectivity index (χ0) is 17.1. The lowest BCUT2D eigenvalue weighted by atomic mass is 10.2. The Labute approximate surface area is 146 Å². The molecule has 24 heavy (non-hydrogen) atoms. The van der Waals surface area contributed by atoms with Crippen molar-refractivity contribution in [3.05, 3.63) is 68.0 Å². The van der Waals surface area contributed by atoms with Crippen molar-refractivity contribution >= 4 is 39.9 Å². The number of carbonyl (C=O) groups is 1. The Hall–Kier alpha value is -2.51. The molecule has 0 saturated heterocycles. The predicted molar refractivity (Wildman–Crippen MR) is 92.2 cm³/mol. The molecule has 0 saturated carbocycles. The molecule has 0 spiro atoms. The monoisotopic (exact) mass is 361 g/mol. The number of hydrogen-bond donors (Lipinski definition) is 0. The van der Waals surface area contributed by atoms with E-state index in [2.05, 4.69) is 10.1 Å². The number of halogens is 1. The van der Waals surface area contributed by atoms with Crippen molar-refractivity contribution < 1.29 is 9.53 Å². The largest absolute Gasteiger partial charge is 0.455 e. The Morgan fingerprint density at radius 1 is 1.42 bits per heavy atom. The second-order valence-corrected chi connectivity index (χ2v) is 6.34. The quantitative estimate of drug-likeness (QED) is 0.527. The second-order valence-electron chi connectivity index (χ2n) is 4.89. The zero-order valence-electron chi connectivity index (χ0n) is 12.6. The Kier molecular flexibility index (Phi) is 4.73. The Bertz CT molecular complexity index is 994. The molecule has 3 aromatic rings. The maximum atomic E-state index is 11.8. The van der Waals surface area contributed by atoms with Crippen LogP contribution in [0.3, 0.4) is 0 Å². The van der Waals surface area contributed by atoms with Gasteiger partial charge in [-0.05, 0) is 24.6 Å². The number of ether oxygens (including phenoxy) is 1. The standard InChI is InChI=1S/C16H12ClN3O3S/c1-10-8-14(21)20-16(18-10)24-13(19-20)9-23-15(22)7-6-11-4-2-3-5-12(11)17/h2-8H,9H2,1H3/b7-6+. The minimum atomic E-state index is -0.523. The molecule has 1 aromatic carbocycles. The highest BCUT2D eigenvalue weighted by Gasteiger charge is 2.09. The fourth-order valence-corrected chi connectivity index (χ4v) is 3.02. The summed E-state index contributed by atoms with van der Waals surface area (Å²) < 4.78 is 6.32. The van der Waals surface area contributed by atoms with Gasteiger partial charge < -0.3 is 4.74 Å². The highest BCUT2D eigenvalue weighted by molar-refractivity contribution is 7.16. The highest BCUT2D eigenvalue weighted by atomic mass is 35.5. The summed E-state index contributed by atoms with van der Waals surface area (Å²) in [7, 11) is 0. The molecule has 0 amide bonds. The molecule has 6 nitrogen and oxygen atoms in total. The molecule has 0 aliphatic carbocycles. The van der Waals surface area contributed by atoms with Gasteiger partial charge >= 0.3 is 5.97 Å². The minimum Gasteiger partial charge on any atom is -0.455 e. The van der Waals surface area contributed by atoms with Crippen LogP contribution in [0.25, 0.3) is 11.0 Å². The first-order valence-corrected chi connectivity index (χ1v) is 8.18. The topological polar surface area (TPSA) is 73.6 Å². The van der Waals surface area contributed by atoms with Gasteiger partial charge in [0.25, 0.3) is 5.56 Å². The summed E-state index contributed by atoms with van der Waals surface area (Å²) in [5, 5.41) is 5.14. The van der Waals surface area contributed by atoms with E-state index in [1.54, 1.807) is 25.1 Å². The molecule has 0 radical (unpaired) electrons. The first-order chi connectivity index (χ1) is 11.5. The van der Waals surface area contributed by atoms with Crippen LogP contribution in [0.1, 0.15) is 16.3 Å². The third kappa shape index (κ3) is 3.69. The summed E-state index contributed by atoms with van der Waals surface area (Å²) in [5.74, 6) is -0.523. The Morgan fingerprint density at radius 2 is 2.21 bits per heavy atom. The molecule has 0 bridgehead atoms. The van der Waals surface area contributed by atoms with Crippen molar-refractivity contribution in [1.29, 1.82) is 0 Å². The van der Waals surface area contributed by atoms with Gasteiger partial charge in [-0.2, -0.15) is 9.61 Å². The zero-order valence-corrected chi connectivity index (χ0v) is 14.2. The summed E-state index contributed by atoms with van der Waals surface area (Å²) in [6.45, 7) is 1.71. The van der Waals surface area contributed by atoms with Crippen LogP contribution in [0.2, 0.25) is 5.02 Å². The molecule has 122 valence electrons. The Morgan fingerprint density at radius 3 is 3.00 bits per heavy atom. The normalized spacial score (nSPS) is 11.2. The fourth-order valence-electron chi connectivity index (χ4n) is 1.97. The predicted octanol–water partition coefficient (Wildman–Crippen LogP) is 2.87. The van der Waals surface area contributed by atoms with Gasteiger partial charge in [0, 0.05) is 22.9 Å². The second kappa shape index (κ2) is 6.94. The van der Waals surface area contributed by atoms with Crippen LogP contribution in [0.15, 0.2) is 41.2 Å². The van der Waals surface area contributed by atoms with E-state index in [-0.39, 0.29) is 12.2 Å². The smallest absolute Gasteiger partial charge is 0.331 e. The summed E-state index contributed by atoms with van der Waals surface area (Å²) in [6.07, 6.45) is 2.88. The Balaban J connectivity index is 1.67. The lowest BCUT2D eigenvalue weighted by Crippen LogP contribution is -2.14. The average molecular weight is 362 g/mol. The lowest BCUT2D eigenvalue weighted by Gasteiger charge is -1.98. The van der Waals surface area contributed by atoms with Crippen LogP contribution in [0.5, 0.6) is 0 Å². The van der Waals surface area contributed by atoms with E-state index in [4.69, 9.17) is 16.3 Å². The molecule has 8 heteroatoms. The molecule has 0 aliphatic heterocycles. The summed E-state index contributed by atoms with van der Waals surface area (Å²) in [6, 6.07) is 8.56. The van der Waals surface area contributed by atoms with Gasteiger partial charge in [0.2, 0.25) is 4.96 Å². The number of fused-ring (bicyclic) bond motifs is 1. The third-order valence-electron chi connectivity index (χ3n) is 3.06. The number of esters is 1. The van der Waals surface area contributed by atoms with Gasteiger partial charge in [-0.25, -0.2) is 9.78 Å². The molecule has 0 N–H and O–H groups in total. The van der Waals surface area contributed by atoms with Gasteiger partial charge in [0.15, 0.2) is 5.01 Å². The number of aryl methyl sites for hydroxylation is 1. The molecule has 0 unspecified atom stereocenters. The summed E-state index contributed by atoms with van der Waals surface area (Å²) >= 11 is 7.21. The van der Waals surface area contributed by atoms with Crippen LogP contribution < -0.4 is 5.56 Å². The van der Waals surface area contributed by atoms with Crippen molar-refractivity contribution in [1.82, 2.24) is 14.6 Å². The van der Waals surface area contributed by atoms with Crippen molar-refractivity contribution in [3.8, 4) is 0 Å². The number of hydrogen-bond acceptors (Lipinski definition) is 6. The maximum Gasteiger partial charge on any atom is 0.331 e. The van der Waals surface area contributed by atoms with E-state index in [1.165, 1.54) is 28.0 Å². The van der Waals surface area contributed by atoms with Crippen LogP contribution in [-0.4, -0.2) is 20.6 Å². The first-order valence-electron chi connectivity index (χ1n) is 6.99. The van der Waals surface area contributed by atoms with Crippen LogP contribution in [0, 0.1) is 6.92 Å². The molecular formula is C16H12ClN3O3S. The molecule has 3 rings (SSSR count). The molecule has 2 aromatic heterocycles. The van der Waals surface area contributed by atoms with Crippen LogP contribution >= 0.6 is 22.9 Å². The number of nitrogens with zero attached hydrogens (tertiary/aromatic N) is 3. The average Bonchev–Trinajstić information content (AvgIpc) is 2.95. The number of aromatic nitrogens is 3. The van der Waals surface area contributed by atoms with Crippen LogP contribution in [0.4, 0.5) is 0 Å². The third-order valence-corrected chi connectivity index (χ3v) is 4.28. The summed E-state index contributed by atoms with van der Waals surface area (Å²) in [4.78, 5) is 28.2. The van der Waals surface area contributed by atoms with E-state index in [1.807, 2.05) is 12.1 Å². The fraction of sp³-hybridized carbons (Fsp3) is 0.125. The molecule has 2 heterocycles. The van der Waals surface area contributed by atoms with Crippen LogP contribution in [-0.2, 0) is 16.1 Å². The van der Waals surface area contributed by atoms with Crippen molar-refractivity contribution in [2.24, 2.45) is 0 Å². The molecular weight excluding hydrogens is 350 g/mol. The number of benzene rings is 1. The van der Waals surface area contributed by atoms with Crippen molar-refractivity contribution in [2.75, 3.05) is 0 Å². The van der Waals surface area contributed by atoms with Gasteiger partial charge in [-0.15, -0.1) is 0 Å². The number of carbonyl (C=O) groups excluding carboxylic acids is 1. The van der Waals surface area contributed by atoms with Gasteiger partial charge in [0.1, 0.15) is 6.61 Å². The molecule has 0 atom stereocenters. The SMILES string of the molecule is Cc1cc(=O)n2nc(COC(=O)/C=C/c3ccccc3Cl)sc2n1. The maximum absolute atomic E-state index is 11.8. The lowest BCUT2D eigenvalue weighted by molar-refractivity contribution is -0.138. The van der Waals surface area contributed by atoms with Crippen molar-refractivity contribution in [2.45, 2.75) is 13.5 Å². The van der Waals surface area contributed by atoms with E-state index in [0.717, 1.165) is 5.56 Å². The highest BCUT2D eigenvalue weighted by Crippen LogP contribution is 2.16. The van der Waals surface area contributed by atoms with Crippen molar-refractivity contribution in [3.63, 3.8) is 0 Å². The van der Waals surface area contributed by atoms with Gasteiger partial charge in [-0.3, -0.25) is 4.79 Å². The van der Waals surface area contributed by atoms with E-state index in [0.29, 0.717) is 20.7 Å². The summed E-state index contributed by atoms with van der Waals surface area (Å²) in [5.41, 5.74) is 1.09. The minimum absolute atomic E-state index is 0.0296. The first kappa shape index (κ1) is 16.4. The van der Waals surface area contributed by atoms with Gasteiger partial charge in [-0.1, -0.05) is 41.1 Å².